The van der Waals surface area contributed by atoms with Gasteiger partial charge in [-0.05, 0) is 72.6 Å². The SMILES string of the molecule is CO/N=c1/c2nc(-c3cccc(-c4cccc5c4CC[C@@H]5Oc4ccc(CN5CC[C@@H](O)C5)c(OC)c4)c3C)oc2c(C#N)cn1CCCC(=O)O. The van der Waals surface area contributed by atoms with E-state index in [0.29, 0.717) is 36.4 Å². The zero-order chi connectivity index (χ0) is 36.4. The Morgan fingerprint density at radius 2 is 1.92 bits per heavy atom. The molecule has 2 aliphatic rings. The third-order valence-corrected chi connectivity index (χ3v) is 9.98. The molecule has 7 rings (SSSR count). The summed E-state index contributed by atoms with van der Waals surface area (Å²) in [6.07, 6.45) is 4.00. The molecule has 52 heavy (non-hydrogen) atoms. The first kappa shape index (κ1) is 34.8. The van der Waals surface area contributed by atoms with Crippen molar-refractivity contribution in [1.29, 1.82) is 5.26 Å². The summed E-state index contributed by atoms with van der Waals surface area (Å²) in [6, 6.07) is 20.5. The quantitative estimate of drug-likeness (QED) is 0.145. The molecule has 1 saturated heterocycles. The van der Waals surface area contributed by atoms with Crippen molar-refractivity contribution in [1.82, 2.24) is 14.5 Å². The van der Waals surface area contributed by atoms with Crippen LogP contribution in [-0.4, -0.2) is 64.0 Å². The summed E-state index contributed by atoms with van der Waals surface area (Å²) in [7, 11) is 3.10. The maximum atomic E-state index is 11.1. The average Bonchev–Trinajstić information content (AvgIpc) is 3.88. The van der Waals surface area contributed by atoms with E-state index < -0.39 is 5.97 Å². The first-order chi connectivity index (χ1) is 25.3. The summed E-state index contributed by atoms with van der Waals surface area (Å²) in [4.78, 5) is 23.3. The fourth-order valence-corrected chi connectivity index (χ4v) is 7.45. The highest BCUT2D eigenvalue weighted by Gasteiger charge is 2.28. The number of ether oxygens (including phenoxy) is 2. The number of nitrogens with zero attached hydrogens (tertiary/aromatic N) is 5. The number of aliphatic carboxylic acids is 1. The van der Waals surface area contributed by atoms with E-state index in [0.717, 1.165) is 77.2 Å². The second-order valence-corrected chi connectivity index (χ2v) is 13.3. The van der Waals surface area contributed by atoms with Crippen LogP contribution in [0.4, 0.5) is 0 Å². The minimum Gasteiger partial charge on any atom is -0.496 e. The number of aliphatic hydroxyl groups is 1. The molecule has 0 radical (unpaired) electrons. The lowest BCUT2D eigenvalue weighted by molar-refractivity contribution is -0.137. The van der Waals surface area contributed by atoms with Crippen LogP contribution in [0.3, 0.4) is 0 Å². The van der Waals surface area contributed by atoms with Gasteiger partial charge in [-0.2, -0.15) is 5.26 Å². The van der Waals surface area contributed by atoms with Crippen molar-refractivity contribution in [2.45, 2.75) is 64.3 Å². The molecule has 12 nitrogen and oxygen atoms in total. The van der Waals surface area contributed by atoms with Crippen LogP contribution < -0.4 is 15.0 Å². The largest absolute Gasteiger partial charge is 0.496 e. The number of methoxy groups -OCH3 is 1. The summed E-state index contributed by atoms with van der Waals surface area (Å²) in [6.45, 7) is 4.60. The van der Waals surface area contributed by atoms with Crippen LogP contribution in [0.25, 0.3) is 33.7 Å². The van der Waals surface area contributed by atoms with Crippen molar-refractivity contribution in [2.75, 3.05) is 27.3 Å². The van der Waals surface area contributed by atoms with E-state index in [-0.39, 0.29) is 29.8 Å². The standard InChI is InChI=1S/C40H41N5O7/c1-24-29(7-4-8-30(24)40-42-37-38(52-40)26(20-41)22-45(39(37)43-50-3)17-6-11-36(47)48)31-9-5-10-33-32(31)14-15-34(33)51-28-13-12-25(35(19-28)49-2)21-44-18-16-27(46)23-44/h4-5,7-10,12-13,19,22,27,34,46H,6,11,14-18,21,23H2,1-3H3,(H,47,48)/b43-39-/t27-,34+/m1/s1. The van der Waals surface area contributed by atoms with Crippen LogP contribution >= 0.6 is 0 Å². The molecule has 0 spiro atoms. The van der Waals surface area contributed by atoms with Crippen LogP contribution in [0, 0.1) is 18.3 Å². The highest BCUT2D eigenvalue weighted by molar-refractivity contribution is 5.83. The minimum absolute atomic E-state index is 0.0285. The molecule has 2 atom stereocenters. The van der Waals surface area contributed by atoms with Gasteiger partial charge in [-0.3, -0.25) is 9.69 Å². The molecular weight excluding hydrogens is 662 g/mol. The van der Waals surface area contributed by atoms with Crippen LogP contribution in [0.1, 0.15) is 59.6 Å². The van der Waals surface area contributed by atoms with E-state index in [4.69, 9.17) is 28.8 Å². The lowest BCUT2D eigenvalue weighted by Crippen LogP contribution is -2.23. The molecular formula is C40H41N5O7. The second-order valence-electron chi connectivity index (χ2n) is 13.3. The maximum absolute atomic E-state index is 11.1. The maximum Gasteiger partial charge on any atom is 0.303 e. The monoisotopic (exact) mass is 703 g/mol. The summed E-state index contributed by atoms with van der Waals surface area (Å²) in [5, 5.41) is 33.2. The van der Waals surface area contributed by atoms with Crippen LogP contribution in [-0.2, 0) is 29.1 Å². The van der Waals surface area contributed by atoms with Gasteiger partial charge >= 0.3 is 5.97 Å². The highest BCUT2D eigenvalue weighted by atomic mass is 16.6. The van der Waals surface area contributed by atoms with Gasteiger partial charge in [0.1, 0.15) is 36.3 Å². The fraction of sp³-hybridized carbons (Fsp3) is 0.350. The van der Waals surface area contributed by atoms with Crippen molar-refractivity contribution < 1.29 is 33.7 Å². The molecule has 2 aromatic heterocycles. The molecule has 0 amide bonds. The van der Waals surface area contributed by atoms with Crippen LogP contribution in [0.2, 0.25) is 0 Å². The predicted octanol–water partition coefficient (Wildman–Crippen LogP) is 6.11. The number of oxazole rings is 1. The Bertz CT molecular complexity index is 2250. The second kappa shape index (κ2) is 14.9. The van der Waals surface area contributed by atoms with Crippen LogP contribution in [0.5, 0.6) is 11.5 Å². The zero-order valence-corrected chi connectivity index (χ0v) is 29.5. The van der Waals surface area contributed by atoms with Gasteiger partial charge in [0.15, 0.2) is 11.1 Å². The highest BCUT2D eigenvalue weighted by Crippen LogP contribution is 2.43. The summed E-state index contributed by atoms with van der Waals surface area (Å²) >= 11 is 0. The fourth-order valence-electron chi connectivity index (χ4n) is 7.45. The molecule has 2 N–H and O–H groups in total. The summed E-state index contributed by atoms with van der Waals surface area (Å²) in [5.74, 6) is 0.962. The van der Waals surface area contributed by atoms with E-state index in [2.05, 4.69) is 46.5 Å². The third kappa shape index (κ3) is 6.85. The Morgan fingerprint density at radius 1 is 1.12 bits per heavy atom. The number of β-amino-alcohol motifs (C(OH)–C–C–N with tert-alkyl or cyclic N) is 1. The number of hydrogen-bond donors (Lipinski definition) is 2. The zero-order valence-electron chi connectivity index (χ0n) is 29.5. The Kier molecular flexibility index (Phi) is 9.98. The van der Waals surface area contributed by atoms with Crippen molar-refractivity contribution in [3.63, 3.8) is 0 Å². The number of carboxylic acid groups (broad SMARTS) is 1. The van der Waals surface area contributed by atoms with Gasteiger partial charge in [0.2, 0.25) is 11.4 Å². The molecule has 5 aromatic rings. The Labute approximate surface area is 301 Å². The third-order valence-electron chi connectivity index (χ3n) is 9.98. The number of aliphatic hydroxyl groups excluding tert-OH is 1. The predicted molar refractivity (Wildman–Crippen MR) is 192 cm³/mol. The van der Waals surface area contributed by atoms with Gasteiger partial charge in [-0.1, -0.05) is 41.6 Å². The number of fused-ring (bicyclic) bond motifs is 2. The number of carbonyl (C=O) groups is 1. The van der Waals surface area contributed by atoms with Gasteiger partial charge in [0.25, 0.3) is 0 Å². The molecule has 0 bridgehead atoms. The van der Waals surface area contributed by atoms with Crippen molar-refractivity contribution in [2.24, 2.45) is 5.16 Å². The average molecular weight is 704 g/mol. The number of nitriles is 1. The smallest absolute Gasteiger partial charge is 0.303 e. The van der Waals surface area contributed by atoms with E-state index in [9.17, 15) is 15.2 Å². The van der Waals surface area contributed by atoms with Gasteiger partial charge in [-0.25, -0.2) is 4.98 Å². The van der Waals surface area contributed by atoms with Gasteiger partial charge in [-0.15, -0.1) is 0 Å². The lowest BCUT2D eigenvalue weighted by atomic mass is 9.91. The lowest BCUT2D eigenvalue weighted by Gasteiger charge is -2.20. The number of benzene rings is 3. The number of hydrogen-bond acceptors (Lipinski definition) is 10. The molecule has 3 aromatic carbocycles. The van der Waals surface area contributed by atoms with Crippen LogP contribution in [0.15, 0.2) is 70.4 Å². The molecule has 1 aliphatic carbocycles. The number of aryl methyl sites for hydroxylation is 1. The normalized spacial score (nSPS) is 17.3. The van der Waals surface area contributed by atoms with Crippen molar-refractivity contribution >= 4 is 17.1 Å². The number of rotatable bonds is 12. The van der Waals surface area contributed by atoms with E-state index in [1.54, 1.807) is 17.9 Å². The van der Waals surface area contributed by atoms with E-state index in [1.165, 1.54) is 12.7 Å². The minimum atomic E-state index is -0.902. The Morgan fingerprint density at radius 3 is 2.67 bits per heavy atom. The van der Waals surface area contributed by atoms with E-state index >= 15 is 0 Å². The molecule has 0 unspecified atom stereocenters. The first-order valence-corrected chi connectivity index (χ1v) is 17.5. The summed E-state index contributed by atoms with van der Waals surface area (Å²) < 4.78 is 20.3. The molecule has 3 heterocycles. The van der Waals surface area contributed by atoms with Crippen molar-refractivity contribution in [3.05, 3.63) is 94.1 Å². The number of likely N-dealkylation sites (tertiary alicyclic amines) is 1. The molecule has 1 fully saturated rings. The van der Waals surface area contributed by atoms with Gasteiger partial charge in [0.05, 0.1) is 13.2 Å². The number of pyridine rings is 1. The number of carboxylic acids is 1. The van der Waals surface area contributed by atoms with E-state index in [1.807, 2.05) is 31.2 Å². The number of aromatic nitrogens is 2. The Balaban J connectivity index is 1.18. The van der Waals surface area contributed by atoms with Crippen molar-refractivity contribution in [3.8, 4) is 40.1 Å². The first-order valence-electron chi connectivity index (χ1n) is 17.5. The Hall–Kier alpha value is -5.64. The summed E-state index contributed by atoms with van der Waals surface area (Å²) in [5.41, 5.74) is 8.60. The molecule has 268 valence electrons. The molecule has 1 aliphatic heterocycles. The topological polar surface area (TPSA) is 156 Å². The molecule has 12 heteroatoms. The molecule has 0 saturated carbocycles. The van der Waals surface area contributed by atoms with Gasteiger partial charge < -0.3 is 33.5 Å². The van der Waals surface area contributed by atoms with Gasteiger partial charge in [0, 0.05) is 56.0 Å².